The summed E-state index contributed by atoms with van der Waals surface area (Å²) in [7, 11) is 1.87. The third-order valence-corrected chi connectivity index (χ3v) is 5.65. The summed E-state index contributed by atoms with van der Waals surface area (Å²) < 4.78 is 7.54. The molecular weight excluding hydrogens is 390 g/mol. The number of hydrogen-bond acceptors (Lipinski definition) is 4. The highest BCUT2D eigenvalue weighted by Crippen LogP contribution is 2.25. The second-order valence-electron chi connectivity index (χ2n) is 8.00. The van der Waals surface area contributed by atoms with E-state index in [-0.39, 0.29) is 17.6 Å². The van der Waals surface area contributed by atoms with Gasteiger partial charge in [-0.15, -0.1) is 0 Å². The Labute approximate surface area is 182 Å². The number of aryl methyl sites for hydroxylation is 2. The molecule has 1 amide bonds. The largest absolute Gasteiger partial charge is 0.457 e. The number of nitrogens with zero attached hydrogens (tertiary/aromatic N) is 3. The molecule has 0 aliphatic carbocycles. The molecule has 0 N–H and O–H groups in total. The van der Waals surface area contributed by atoms with Crippen LogP contribution in [0.1, 0.15) is 35.2 Å². The van der Waals surface area contributed by atoms with Crippen molar-refractivity contribution in [3.8, 4) is 11.5 Å². The molecule has 1 aliphatic rings. The average molecular weight is 418 g/mol. The fourth-order valence-corrected chi connectivity index (χ4v) is 3.98. The molecule has 6 nitrogen and oxygen atoms in total. The number of piperidine rings is 1. The number of benzene rings is 2. The van der Waals surface area contributed by atoms with Crippen LogP contribution in [-0.2, 0) is 18.3 Å². The number of amides is 1. The zero-order valence-corrected chi connectivity index (χ0v) is 17.7. The summed E-state index contributed by atoms with van der Waals surface area (Å²) >= 11 is 0. The van der Waals surface area contributed by atoms with Crippen LogP contribution >= 0.6 is 0 Å². The number of Topliss-reactive ketones (excluding diaryl/α,β-unsaturated/α-hetero) is 1. The number of carbonyl (C=O) groups is 2. The van der Waals surface area contributed by atoms with Gasteiger partial charge in [0.05, 0.1) is 6.20 Å². The van der Waals surface area contributed by atoms with Gasteiger partial charge < -0.3 is 9.64 Å². The first kappa shape index (κ1) is 20.8. The zero-order valence-electron chi connectivity index (χ0n) is 17.7. The first-order chi connectivity index (χ1) is 15.1. The van der Waals surface area contributed by atoms with Crippen LogP contribution in [-0.4, -0.2) is 39.5 Å². The molecule has 1 fully saturated rings. The highest BCUT2D eigenvalue weighted by atomic mass is 16.5. The number of rotatable bonds is 7. The van der Waals surface area contributed by atoms with E-state index in [0.29, 0.717) is 30.7 Å². The number of aromatic nitrogens is 2. The molecule has 1 aliphatic heterocycles. The minimum atomic E-state index is -0.156. The molecule has 3 aromatic rings. The van der Waals surface area contributed by atoms with Gasteiger partial charge in [0.2, 0.25) is 5.91 Å². The van der Waals surface area contributed by atoms with Crippen molar-refractivity contribution in [1.29, 1.82) is 0 Å². The van der Waals surface area contributed by atoms with Gasteiger partial charge >= 0.3 is 0 Å². The van der Waals surface area contributed by atoms with Crippen molar-refractivity contribution in [2.45, 2.75) is 25.7 Å². The third-order valence-electron chi connectivity index (χ3n) is 5.65. The van der Waals surface area contributed by atoms with Gasteiger partial charge in [0, 0.05) is 44.2 Å². The second kappa shape index (κ2) is 9.60. The van der Waals surface area contributed by atoms with Crippen molar-refractivity contribution in [3.63, 3.8) is 0 Å². The fraction of sp³-hybridized carbons (Fsp3) is 0.320. The number of para-hydroxylation sites is 1. The summed E-state index contributed by atoms with van der Waals surface area (Å²) in [6.07, 6.45) is 6.50. The molecule has 31 heavy (non-hydrogen) atoms. The van der Waals surface area contributed by atoms with Crippen LogP contribution in [0.15, 0.2) is 67.0 Å². The molecule has 1 aromatic heterocycles. The van der Waals surface area contributed by atoms with Crippen molar-refractivity contribution in [2.75, 3.05) is 13.1 Å². The van der Waals surface area contributed by atoms with Gasteiger partial charge in [0.15, 0.2) is 5.78 Å². The monoisotopic (exact) mass is 417 g/mol. The minimum Gasteiger partial charge on any atom is -0.457 e. The Morgan fingerprint density at radius 1 is 1.06 bits per heavy atom. The number of likely N-dealkylation sites (tertiary alicyclic amines) is 1. The lowest BCUT2D eigenvalue weighted by atomic mass is 9.89. The van der Waals surface area contributed by atoms with E-state index >= 15 is 0 Å². The van der Waals surface area contributed by atoms with Crippen molar-refractivity contribution in [2.24, 2.45) is 13.0 Å². The molecule has 1 saturated heterocycles. The predicted molar refractivity (Wildman–Crippen MR) is 118 cm³/mol. The molecule has 4 rings (SSSR count). The van der Waals surface area contributed by atoms with Crippen molar-refractivity contribution >= 4 is 11.7 Å². The smallest absolute Gasteiger partial charge is 0.222 e. The maximum Gasteiger partial charge on any atom is 0.222 e. The van der Waals surface area contributed by atoms with E-state index in [1.54, 1.807) is 10.9 Å². The van der Waals surface area contributed by atoms with Crippen LogP contribution in [0.3, 0.4) is 0 Å². The lowest BCUT2D eigenvalue weighted by Crippen LogP contribution is -2.42. The number of ketones is 1. The maximum absolute atomic E-state index is 13.0. The van der Waals surface area contributed by atoms with Crippen LogP contribution in [0.5, 0.6) is 11.5 Å². The highest BCUT2D eigenvalue weighted by molar-refractivity contribution is 5.98. The molecule has 6 heteroatoms. The quantitative estimate of drug-likeness (QED) is 0.539. The molecule has 0 bridgehead atoms. The Hall–Kier alpha value is -3.41. The van der Waals surface area contributed by atoms with Crippen LogP contribution in [0.2, 0.25) is 0 Å². The van der Waals surface area contributed by atoms with E-state index in [1.807, 2.05) is 72.7 Å². The van der Waals surface area contributed by atoms with E-state index in [9.17, 15) is 9.59 Å². The minimum absolute atomic E-state index is 0.0935. The Morgan fingerprint density at radius 3 is 2.52 bits per heavy atom. The van der Waals surface area contributed by atoms with Gasteiger partial charge in [-0.2, -0.15) is 5.10 Å². The summed E-state index contributed by atoms with van der Waals surface area (Å²) in [6.45, 7) is 1.21. The molecular formula is C25H27N3O3. The zero-order chi connectivity index (χ0) is 21.6. The normalized spacial score (nSPS) is 16.2. The first-order valence-electron chi connectivity index (χ1n) is 10.7. The van der Waals surface area contributed by atoms with E-state index in [2.05, 4.69) is 5.10 Å². The number of hydrogen-bond donors (Lipinski definition) is 0. The van der Waals surface area contributed by atoms with E-state index in [4.69, 9.17) is 4.74 Å². The number of ether oxygens (including phenoxy) is 1. The van der Waals surface area contributed by atoms with Crippen LogP contribution < -0.4 is 4.74 Å². The number of carbonyl (C=O) groups excluding carboxylic acids is 2. The summed E-state index contributed by atoms with van der Waals surface area (Å²) in [4.78, 5) is 27.5. The van der Waals surface area contributed by atoms with Crippen molar-refractivity contribution in [3.05, 3.63) is 78.1 Å². The highest BCUT2D eigenvalue weighted by Gasteiger charge is 2.28. The SMILES string of the molecule is Cn1cc(CCC(=O)N2CCCC(C(=O)c3ccc(Oc4ccccc4)cc3)C2)cn1. The van der Waals surface area contributed by atoms with Gasteiger partial charge in [-0.3, -0.25) is 14.3 Å². The van der Waals surface area contributed by atoms with Gasteiger partial charge in [-0.25, -0.2) is 0 Å². The van der Waals surface area contributed by atoms with E-state index < -0.39 is 0 Å². The molecule has 0 radical (unpaired) electrons. The fourth-order valence-electron chi connectivity index (χ4n) is 3.98. The predicted octanol–water partition coefficient (Wildman–Crippen LogP) is 4.27. The maximum atomic E-state index is 13.0. The van der Waals surface area contributed by atoms with E-state index in [1.165, 1.54) is 0 Å². The van der Waals surface area contributed by atoms with Crippen molar-refractivity contribution < 1.29 is 14.3 Å². The van der Waals surface area contributed by atoms with Gasteiger partial charge in [-0.1, -0.05) is 18.2 Å². The lowest BCUT2D eigenvalue weighted by molar-refractivity contribution is -0.132. The molecule has 2 aromatic carbocycles. The molecule has 2 heterocycles. The van der Waals surface area contributed by atoms with Crippen molar-refractivity contribution in [1.82, 2.24) is 14.7 Å². The lowest BCUT2D eigenvalue weighted by Gasteiger charge is -2.32. The van der Waals surface area contributed by atoms with E-state index in [0.717, 1.165) is 30.7 Å². The Balaban J connectivity index is 1.33. The molecule has 0 saturated carbocycles. The second-order valence-corrected chi connectivity index (χ2v) is 8.00. The molecule has 0 spiro atoms. The van der Waals surface area contributed by atoms with Gasteiger partial charge in [0.25, 0.3) is 0 Å². The summed E-state index contributed by atoms with van der Waals surface area (Å²) in [6, 6.07) is 16.8. The standard InChI is InChI=1S/C25H27N3O3/c1-27-17-19(16-26-27)9-14-24(29)28-15-5-6-21(18-28)25(30)20-10-12-23(13-11-20)31-22-7-3-2-4-8-22/h2-4,7-8,10-13,16-17,21H,5-6,9,14-15,18H2,1H3. The summed E-state index contributed by atoms with van der Waals surface area (Å²) in [5, 5.41) is 4.14. The molecule has 160 valence electrons. The Morgan fingerprint density at radius 2 is 1.81 bits per heavy atom. The van der Waals surface area contributed by atoms with Crippen LogP contribution in [0, 0.1) is 5.92 Å². The molecule has 1 unspecified atom stereocenters. The van der Waals surface area contributed by atoms with Gasteiger partial charge in [-0.05, 0) is 61.2 Å². The topological polar surface area (TPSA) is 64.4 Å². The molecule has 1 atom stereocenters. The Bertz CT molecular complexity index is 1030. The van der Waals surface area contributed by atoms with Crippen LogP contribution in [0.25, 0.3) is 0 Å². The van der Waals surface area contributed by atoms with Gasteiger partial charge in [0.1, 0.15) is 11.5 Å². The third kappa shape index (κ3) is 5.40. The average Bonchev–Trinajstić information content (AvgIpc) is 3.23. The first-order valence-corrected chi connectivity index (χ1v) is 10.7. The summed E-state index contributed by atoms with van der Waals surface area (Å²) in [5.41, 5.74) is 1.72. The van der Waals surface area contributed by atoms with Crippen LogP contribution in [0.4, 0.5) is 0 Å². The summed E-state index contributed by atoms with van der Waals surface area (Å²) in [5.74, 6) is 1.49. The Kier molecular flexibility index (Phi) is 6.46.